The van der Waals surface area contributed by atoms with Crippen LogP contribution in [0.1, 0.15) is 17.8 Å². The van der Waals surface area contributed by atoms with Crippen LogP contribution in [0.2, 0.25) is 0 Å². The molecule has 2 aromatic rings. The van der Waals surface area contributed by atoms with Crippen LogP contribution in [0.4, 0.5) is 4.39 Å². The van der Waals surface area contributed by atoms with Crippen molar-refractivity contribution in [2.75, 3.05) is 0 Å². The molecular formula is C11H11FN2S. The van der Waals surface area contributed by atoms with Gasteiger partial charge in [0.05, 0.1) is 0 Å². The number of aromatic nitrogens is 1. The largest absolute Gasteiger partial charge is 0.323 e. The lowest BCUT2D eigenvalue weighted by molar-refractivity contribution is 0.628. The van der Waals surface area contributed by atoms with Crippen molar-refractivity contribution in [1.29, 1.82) is 0 Å². The number of rotatable bonds is 2. The van der Waals surface area contributed by atoms with Gasteiger partial charge in [-0.05, 0) is 19.1 Å². The molecule has 0 aliphatic carbocycles. The molecule has 1 aromatic carbocycles. The van der Waals surface area contributed by atoms with Gasteiger partial charge in [0.2, 0.25) is 0 Å². The first-order valence-electron chi connectivity index (χ1n) is 4.64. The average Bonchev–Trinajstić information content (AvgIpc) is 2.66. The number of nitrogens with zero attached hydrogens (tertiary/aromatic N) is 1. The Kier molecular flexibility index (Phi) is 2.79. The minimum absolute atomic E-state index is 0.0233. The summed E-state index contributed by atoms with van der Waals surface area (Å²) < 4.78 is 13.0. The first-order valence-corrected chi connectivity index (χ1v) is 5.45. The van der Waals surface area contributed by atoms with Crippen LogP contribution in [0.15, 0.2) is 30.5 Å². The van der Waals surface area contributed by atoms with Gasteiger partial charge in [0.15, 0.2) is 0 Å². The third-order valence-electron chi connectivity index (χ3n) is 2.04. The molecule has 0 aliphatic heterocycles. The van der Waals surface area contributed by atoms with E-state index in [9.17, 15) is 4.39 Å². The molecule has 1 unspecified atom stereocenters. The van der Waals surface area contributed by atoms with Gasteiger partial charge in [-0.3, -0.25) is 0 Å². The van der Waals surface area contributed by atoms with E-state index >= 15 is 0 Å². The van der Waals surface area contributed by atoms with Crippen molar-refractivity contribution >= 4 is 11.3 Å². The molecule has 0 radical (unpaired) electrons. The van der Waals surface area contributed by atoms with Crippen molar-refractivity contribution in [1.82, 2.24) is 4.98 Å². The normalized spacial score (nSPS) is 12.7. The number of hydrogen-bond donors (Lipinski definition) is 1. The summed E-state index contributed by atoms with van der Waals surface area (Å²) in [5.41, 5.74) is 6.53. The Bertz CT molecular complexity index is 465. The molecule has 0 spiro atoms. The molecule has 4 heteroatoms. The lowest BCUT2D eigenvalue weighted by atomic mass is 10.2. The summed E-state index contributed by atoms with van der Waals surface area (Å²) in [6.45, 7) is 1.91. The first-order chi connectivity index (χ1) is 7.16. The molecule has 1 heterocycles. The Hall–Kier alpha value is -1.26. The maximum absolute atomic E-state index is 13.0. The first kappa shape index (κ1) is 10.3. The van der Waals surface area contributed by atoms with E-state index in [4.69, 9.17) is 5.73 Å². The quantitative estimate of drug-likeness (QED) is 0.848. The molecule has 1 aromatic heterocycles. The summed E-state index contributed by atoms with van der Waals surface area (Å²) in [5, 5.41) is 0.807. The van der Waals surface area contributed by atoms with Crippen molar-refractivity contribution in [3.05, 3.63) is 41.2 Å². The monoisotopic (exact) mass is 222 g/mol. The lowest BCUT2D eigenvalue weighted by Gasteiger charge is -1.97. The van der Waals surface area contributed by atoms with Crippen LogP contribution in [0.3, 0.4) is 0 Å². The molecule has 0 bridgehead atoms. The Labute approximate surface area is 91.6 Å². The number of benzene rings is 1. The second-order valence-electron chi connectivity index (χ2n) is 3.37. The standard InChI is InChI=1S/C11H11FN2S/c1-7(13)10-6-14-11(15-10)8-3-2-4-9(12)5-8/h2-7H,13H2,1H3. The van der Waals surface area contributed by atoms with Crippen molar-refractivity contribution in [2.45, 2.75) is 13.0 Å². The van der Waals surface area contributed by atoms with E-state index in [0.717, 1.165) is 15.4 Å². The summed E-state index contributed by atoms with van der Waals surface area (Å²) in [6.07, 6.45) is 1.75. The number of halogens is 1. The molecule has 1 atom stereocenters. The SMILES string of the molecule is CC(N)c1cnc(-c2cccc(F)c2)s1. The van der Waals surface area contributed by atoms with Gasteiger partial charge >= 0.3 is 0 Å². The predicted molar refractivity (Wildman–Crippen MR) is 60.1 cm³/mol. The summed E-state index contributed by atoms with van der Waals surface area (Å²) in [5.74, 6) is -0.245. The van der Waals surface area contributed by atoms with Gasteiger partial charge in [0, 0.05) is 22.7 Å². The van der Waals surface area contributed by atoms with E-state index in [0.29, 0.717) is 0 Å². The van der Waals surface area contributed by atoms with Crippen LogP contribution in [-0.2, 0) is 0 Å². The third-order valence-corrected chi connectivity index (χ3v) is 3.29. The zero-order valence-corrected chi connectivity index (χ0v) is 9.09. The van der Waals surface area contributed by atoms with Gasteiger partial charge in [-0.1, -0.05) is 12.1 Å². The van der Waals surface area contributed by atoms with Gasteiger partial charge in [-0.25, -0.2) is 9.37 Å². The van der Waals surface area contributed by atoms with Crippen LogP contribution in [0.5, 0.6) is 0 Å². The summed E-state index contributed by atoms with van der Waals surface area (Å²) >= 11 is 1.50. The lowest BCUT2D eigenvalue weighted by Crippen LogP contribution is -2.01. The van der Waals surface area contributed by atoms with E-state index in [1.807, 2.05) is 13.0 Å². The highest BCUT2D eigenvalue weighted by atomic mass is 32.1. The number of hydrogen-bond acceptors (Lipinski definition) is 3. The Morgan fingerprint density at radius 2 is 2.27 bits per heavy atom. The van der Waals surface area contributed by atoms with Crippen LogP contribution >= 0.6 is 11.3 Å². The van der Waals surface area contributed by atoms with E-state index < -0.39 is 0 Å². The van der Waals surface area contributed by atoms with Gasteiger partial charge < -0.3 is 5.73 Å². The van der Waals surface area contributed by atoms with Gasteiger partial charge in [0.25, 0.3) is 0 Å². The molecule has 78 valence electrons. The highest BCUT2D eigenvalue weighted by molar-refractivity contribution is 7.15. The minimum atomic E-state index is -0.245. The molecular weight excluding hydrogens is 211 g/mol. The molecule has 0 amide bonds. The molecule has 0 saturated heterocycles. The van der Waals surface area contributed by atoms with Gasteiger partial charge in [-0.15, -0.1) is 11.3 Å². The predicted octanol–water partition coefficient (Wildman–Crippen LogP) is 2.97. The van der Waals surface area contributed by atoms with Crippen LogP contribution in [-0.4, -0.2) is 4.98 Å². The maximum atomic E-state index is 13.0. The molecule has 2 N–H and O–H groups in total. The van der Waals surface area contributed by atoms with Crippen LogP contribution < -0.4 is 5.73 Å². The van der Waals surface area contributed by atoms with E-state index in [-0.39, 0.29) is 11.9 Å². The summed E-state index contributed by atoms with van der Waals surface area (Å²) in [7, 11) is 0. The topological polar surface area (TPSA) is 38.9 Å². The minimum Gasteiger partial charge on any atom is -0.323 e. The Balaban J connectivity index is 2.37. The second kappa shape index (κ2) is 4.08. The fraction of sp³-hybridized carbons (Fsp3) is 0.182. The molecule has 0 fully saturated rings. The Morgan fingerprint density at radius 1 is 1.47 bits per heavy atom. The second-order valence-corrected chi connectivity index (χ2v) is 4.43. The molecule has 0 aliphatic rings. The molecule has 15 heavy (non-hydrogen) atoms. The summed E-state index contributed by atoms with van der Waals surface area (Å²) in [4.78, 5) is 5.23. The number of thiazole rings is 1. The van der Waals surface area contributed by atoms with E-state index in [1.54, 1.807) is 12.3 Å². The summed E-state index contributed by atoms with van der Waals surface area (Å²) in [6, 6.07) is 6.39. The van der Waals surface area contributed by atoms with Gasteiger partial charge in [0.1, 0.15) is 10.8 Å². The zero-order chi connectivity index (χ0) is 10.8. The van der Waals surface area contributed by atoms with Crippen LogP contribution in [0, 0.1) is 5.82 Å². The van der Waals surface area contributed by atoms with E-state index in [2.05, 4.69) is 4.98 Å². The highest BCUT2D eigenvalue weighted by Gasteiger charge is 2.07. The fourth-order valence-electron chi connectivity index (χ4n) is 1.25. The Morgan fingerprint density at radius 3 is 2.87 bits per heavy atom. The van der Waals surface area contributed by atoms with Gasteiger partial charge in [-0.2, -0.15) is 0 Å². The smallest absolute Gasteiger partial charge is 0.123 e. The highest BCUT2D eigenvalue weighted by Crippen LogP contribution is 2.27. The average molecular weight is 222 g/mol. The van der Waals surface area contributed by atoms with Crippen molar-refractivity contribution < 1.29 is 4.39 Å². The maximum Gasteiger partial charge on any atom is 0.123 e. The molecule has 2 rings (SSSR count). The third kappa shape index (κ3) is 2.22. The van der Waals surface area contributed by atoms with Crippen LogP contribution in [0.25, 0.3) is 10.6 Å². The van der Waals surface area contributed by atoms with Crippen molar-refractivity contribution in [3.8, 4) is 10.6 Å². The molecule has 0 saturated carbocycles. The molecule has 2 nitrogen and oxygen atoms in total. The van der Waals surface area contributed by atoms with Crippen molar-refractivity contribution in [2.24, 2.45) is 5.73 Å². The van der Waals surface area contributed by atoms with E-state index in [1.165, 1.54) is 23.5 Å². The van der Waals surface area contributed by atoms with Crippen molar-refractivity contribution in [3.63, 3.8) is 0 Å². The number of nitrogens with two attached hydrogens (primary N) is 1. The fourth-order valence-corrected chi connectivity index (χ4v) is 2.12. The zero-order valence-electron chi connectivity index (χ0n) is 8.27.